The molecule has 2 rings (SSSR count). The van der Waals surface area contributed by atoms with Gasteiger partial charge in [-0.2, -0.15) is 0 Å². The van der Waals surface area contributed by atoms with Crippen LogP contribution in [0.25, 0.3) is 0 Å². The molecule has 0 unspecified atom stereocenters. The normalized spacial score (nSPS) is 19.7. The van der Waals surface area contributed by atoms with Crippen LogP contribution in [0.2, 0.25) is 0 Å². The van der Waals surface area contributed by atoms with Crippen molar-refractivity contribution in [3.63, 3.8) is 0 Å². The van der Waals surface area contributed by atoms with E-state index in [1.165, 1.54) is 0 Å². The van der Waals surface area contributed by atoms with Crippen molar-refractivity contribution < 1.29 is 19.1 Å². The fourth-order valence-electron chi connectivity index (χ4n) is 3.21. The number of methoxy groups -OCH3 is 2. The Morgan fingerprint density at radius 3 is 2.19 bits per heavy atom. The predicted molar refractivity (Wildman–Crippen MR) is 101 cm³/mol. The summed E-state index contributed by atoms with van der Waals surface area (Å²) in [6.45, 7) is 4.86. The van der Waals surface area contributed by atoms with Crippen LogP contribution in [0.3, 0.4) is 0 Å². The first-order valence-corrected chi connectivity index (χ1v) is 9.25. The largest absolute Gasteiger partial charge is 0.497 e. The molecule has 0 aliphatic heterocycles. The Labute approximate surface area is 155 Å². The lowest BCUT2D eigenvalue weighted by Crippen LogP contribution is -2.37. The van der Waals surface area contributed by atoms with E-state index in [0.29, 0.717) is 29.6 Å². The number of carbonyl (C=O) groups is 2. The number of carbonyl (C=O) groups excluding carboxylic acids is 2. The molecule has 6 heteroatoms. The van der Waals surface area contributed by atoms with Gasteiger partial charge in [0.1, 0.15) is 11.5 Å². The average Bonchev–Trinajstić information content (AvgIpc) is 2.66. The van der Waals surface area contributed by atoms with E-state index in [2.05, 4.69) is 24.5 Å². The molecule has 0 aromatic heterocycles. The molecular formula is C20H30N2O4. The van der Waals surface area contributed by atoms with Gasteiger partial charge < -0.3 is 20.1 Å². The van der Waals surface area contributed by atoms with Gasteiger partial charge in [-0.15, -0.1) is 0 Å². The number of anilines is 1. The lowest BCUT2D eigenvalue weighted by molar-refractivity contribution is -0.128. The van der Waals surface area contributed by atoms with Gasteiger partial charge in [-0.3, -0.25) is 9.59 Å². The second-order valence-corrected chi connectivity index (χ2v) is 7.24. The average molecular weight is 362 g/mol. The molecule has 1 aromatic rings. The second kappa shape index (κ2) is 9.46. The quantitative estimate of drug-likeness (QED) is 0.781. The van der Waals surface area contributed by atoms with E-state index in [9.17, 15) is 9.59 Å². The lowest BCUT2D eigenvalue weighted by atomic mass is 9.81. The van der Waals surface area contributed by atoms with Gasteiger partial charge in [0.25, 0.3) is 0 Å². The molecule has 0 spiro atoms. The summed E-state index contributed by atoms with van der Waals surface area (Å²) in [5, 5.41) is 5.94. The lowest BCUT2D eigenvalue weighted by Gasteiger charge is -2.27. The summed E-state index contributed by atoms with van der Waals surface area (Å²) in [5.41, 5.74) is 0.605. The van der Waals surface area contributed by atoms with E-state index in [1.807, 2.05) is 0 Å². The smallest absolute Gasteiger partial charge is 0.227 e. The topological polar surface area (TPSA) is 76.7 Å². The van der Waals surface area contributed by atoms with Gasteiger partial charge in [-0.05, 0) is 43.7 Å². The summed E-state index contributed by atoms with van der Waals surface area (Å²) >= 11 is 0. The highest BCUT2D eigenvalue weighted by Crippen LogP contribution is 2.33. The summed E-state index contributed by atoms with van der Waals surface area (Å²) in [6, 6.07) is 5.31. The summed E-state index contributed by atoms with van der Waals surface area (Å²) in [4.78, 5) is 24.8. The van der Waals surface area contributed by atoms with Crippen molar-refractivity contribution in [2.75, 3.05) is 26.1 Å². The molecule has 1 aromatic carbocycles. The molecule has 1 aliphatic rings. The Morgan fingerprint density at radius 2 is 1.65 bits per heavy atom. The number of ether oxygens (including phenoxy) is 2. The molecule has 0 saturated heterocycles. The van der Waals surface area contributed by atoms with Crippen LogP contribution in [-0.2, 0) is 9.59 Å². The standard InChI is InChI=1S/C20H30N2O4/c1-13(2)12-21-19(23)14-5-7-15(8-6-14)20(24)22-17-11-16(25-3)9-10-18(17)26-4/h9-11,13-15H,5-8,12H2,1-4H3,(H,21,23)(H,22,24). The number of amides is 2. The highest BCUT2D eigenvalue weighted by atomic mass is 16.5. The third-order valence-electron chi connectivity index (χ3n) is 4.82. The van der Waals surface area contributed by atoms with Crippen LogP contribution in [0, 0.1) is 17.8 Å². The number of benzene rings is 1. The molecule has 26 heavy (non-hydrogen) atoms. The highest BCUT2D eigenvalue weighted by molar-refractivity contribution is 5.94. The molecular weight excluding hydrogens is 332 g/mol. The zero-order valence-electron chi connectivity index (χ0n) is 16.1. The van der Waals surface area contributed by atoms with Gasteiger partial charge in [-0.25, -0.2) is 0 Å². The van der Waals surface area contributed by atoms with E-state index in [-0.39, 0.29) is 23.7 Å². The van der Waals surface area contributed by atoms with Crippen molar-refractivity contribution in [2.45, 2.75) is 39.5 Å². The van der Waals surface area contributed by atoms with Gasteiger partial charge >= 0.3 is 0 Å². The fourth-order valence-corrected chi connectivity index (χ4v) is 3.21. The summed E-state index contributed by atoms with van der Waals surface area (Å²) < 4.78 is 10.5. The van der Waals surface area contributed by atoms with Crippen molar-refractivity contribution in [1.82, 2.24) is 5.32 Å². The monoisotopic (exact) mass is 362 g/mol. The number of rotatable bonds is 7. The van der Waals surface area contributed by atoms with Crippen molar-refractivity contribution in [3.8, 4) is 11.5 Å². The highest BCUT2D eigenvalue weighted by Gasteiger charge is 2.30. The Balaban J connectivity index is 1.90. The first kappa shape index (κ1) is 20.1. The first-order valence-electron chi connectivity index (χ1n) is 9.25. The minimum absolute atomic E-state index is 0.0177. The summed E-state index contributed by atoms with van der Waals surface area (Å²) in [7, 11) is 3.15. The van der Waals surface area contributed by atoms with E-state index in [4.69, 9.17) is 9.47 Å². The molecule has 1 aliphatic carbocycles. The van der Waals surface area contributed by atoms with Gasteiger partial charge in [0.2, 0.25) is 11.8 Å². The van der Waals surface area contributed by atoms with E-state index < -0.39 is 0 Å². The molecule has 6 nitrogen and oxygen atoms in total. The molecule has 144 valence electrons. The Hall–Kier alpha value is -2.24. The SMILES string of the molecule is COc1ccc(OC)c(NC(=O)C2CCC(C(=O)NCC(C)C)CC2)c1. The zero-order chi connectivity index (χ0) is 19.1. The van der Waals surface area contributed by atoms with Crippen molar-refractivity contribution in [2.24, 2.45) is 17.8 Å². The van der Waals surface area contributed by atoms with Crippen LogP contribution in [0.15, 0.2) is 18.2 Å². The van der Waals surface area contributed by atoms with Gasteiger partial charge in [-0.1, -0.05) is 13.8 Å². The minimum atomic E-state index is -0.0833. The molecule has 0 atom stereocenters. The minimum Gasteiger partial charge on any atom is -0.497 e. The molecule has 2 amide bonds. The Kier molecular flexibility index (Phi) is 7.30. The Bertz CT molecular complexity index is 622. The zero-order valence-corrected chi connectivity index (χ0v) is 16.1. The molecule has 0 radical (unpaired) electrons. The van der Waals surface area contributed by atoms with E-state index >= 15 is 0 Å². The van der Waals surface area contributed by atoms with Crippen LogP contribution in [0.1, 0.15) is 39.5 Å². The maximum Gasteiger partial charge on any atom is 0.227 e. The van der Waals surface area contributed by atoms with Gasteiger partial charge in [0.15, 0.2) is 0 Å². The molecule has 1 fully saturated rings. The van der Waals surface area contributed by atoms with E-state index in [0.717, 1.165) is 25.7 Å². The third kappa shape index (κ3) is 5.38. The molecule has 0 heterocycles. The predicted octanol–water partition coefficient (Wildman–Crippen LogP) is 3.22. The number of hydrogen-bond acceptors (Lipinski definition) is 4. The molecule has 2 N–H and O–H groups in total. The fraction of sp³-hybridized carbons (Fsp3) is 0.600. The van der Waals surface area contributed by atoms with Gasteiger partial charge in [0.05, 0.1) is 19.9 Å². The maximum absolute atomic E-state index is 12.6. The maximum atomic E-state index is 12.6. The third-order valence-corrected chi connectivity index (χ3v) is 4.82. The summed E-state index contributed by atoms with van der Waals surface area (Å²) in [5.74, 6) is 1.72. The van der Waals surface area contributed by atoms with E-state index in [1.54, 1.807) is 32.4 Å². The van der Waals surface area contributed by atoms with Crippen LogP contribution >= 0.6 is 0 Å². The van der Waals surface area contributed by atoms with Crippen LogP contribution in [0.5, 0.6) is 11.5 Å². The molecule has 1 saturated carbocycles. The van der Waals surface area contributed by atoms with Crippen molar-refractivity contribution in [3.05, 3.63) is 18.2 Å². The van der Waals surface area contributed by atoms with Crippen LogP contribution in [-0.4, -0.2) is 32.6 Å². The summed E-state index contributed by atoms with van der Waals surface area (Å²) in [6.07, 6.45) is 2.93. The number of hydrogen-bond donors (Lipinski definition) is 2. The first-order chi connectivity index (χ1) is 12.4. The Morgan fingerprint density at radius 1 is 1.04 bits per heavy atom. The van der Waals surface area contributed by atoms with Crippen LogP contribution in [0.4, 0.5) is 5.69 Å². The van der Waals surface area contributed by atoms with Crippen molar-refractivity contribution in [1.29, 1.82) is 0 Å². The molecule has 0 bridgehead atoms. The van der Waals surface area contributed by atoms with Crippen LogP contribution < -0.4 is 20.1 Å². The second-order valence-electron chi connectivity index (χ2n) is 7.24. The number of nitrogens with one attached hydrogen (secondary N) is 2. The van der Waals surface area contributed by atoms with Crippen molar-refractivity contribution >= 4 is 17.5 Å². The van der Waals surface area contributed by atoms with Gasteiger partial charge in [0, 0.05) is 24.4 Å².